The van der Waals surface area contributed by atoms with Crippen molar-refractivity contribution in [3.8, 4) is 0 Å². The number of alkyl halides is 3. The van der Waals surface area contributed by atoms with Crippen molar-refractivity contribution in [1.82, 2.24) is 24.6 Å². The minimum absolute atomic E-state index is 0.00732. The van der Waals surface area contributed by atoms with Crippen molar-refractivity contribution in [2.75, 3.05) is 5.75 Å². The van der Waals surface area contributed by atoms with Crippen molar-refractivity contribution >= 4 is 28.6 Å². The number of pyridine rings is 1. The molecule has 6 nitrogen and oxygen atoms in total. The molecule has 1 fully saturated rings. The second-order valence-electron chi connectivity index (χ2n) is 8.94. The number of hydrogen-bond acceptors (Lipinski definition) is 4. The molecule has 0 saturated heterocycles. The number of thioether (sulfide) groups is 1. The fraction of sp³-hybridized carbons (Fsp3) is 0.346. The number of nitrogens with zero attached hydrogens (tertiary/aromatic N) is 4. The molecule has 1 amide bonds. The van der Waals surface area contributed by atoms with Crippen LogP contribution in [0.1, 0.15) is 58.9 Å². The number of rotatable bonds is 8. The summed E-state index contributed by atoms with van der Waals surface area (Å²) in [4.78, 5) is 18.3. The van der Waals surface area contributed by atoms with Gasteiger partial charge in [0.25, 0.3) is 5.91 Å². The molecular formula is C26H26F3N5OS. The van der Waals surface area contributed by atoms with E-state index in [1.807, 2.05) is 24.3 Å². The van der Waals surface area contributed by atoms with Crippen LogP contribution in [0.3, 0.4) is 0 Å². The van der Waals surface area contributed by atoms with Gasteiger partial charge < -0.3 is 9.88 Å². The maximum atomic E-state index is 13.5. The first-order chi connectivity index (χ1) is 17.2. The van der Waals surface area contributed by atoms with Crippen LogP contribution in [0.5, 0.6) is 0 Å². The zero-order valence-electron chi connectivity index (χ0n) is 20.0. The Morgan fingerprint density at radius 3 is 2.64 bits per heavy atom. The van der Waals surface area contributed by atoms with Crippen molar-refractivity contribution in [3.05, 3.63) is 77.0 Å². The third-order valence-electron chi connectivity index (χ3n) is 6.14. The summed E-state index contributed by atoms with van der Waals surface area (Å²) in [5.41, 5.74) is 2.47. The van der Waals surface area contributed by atoms with Gasteiger partial charge in [-0.25, -0.2) is 0 Å². The highest BCUT2D eigenvalue weighted by molar-refractivity contribution is 7.99. The van der Waals surface area contributed by atoms with Gasteiger partial charge in [0.1, 0.15) is 5.69 Å². The van der Waals surface area contributed by atoms with Crippen LogP contribution in [0.4, 0.5) is 13.2 Å². The molecule has 0 aliphatic heterocycles. The van der Waals surface area contributed by atoms with Gasteiger partial charge in [0, 0.05) is 39.3 Å². The SMILES string of the molecule is CCSc1ccc(CNC(=O)c2ccc3c(c2)cc(Cn2nc(C)cc2C(F)(F)F)n3C2CC2)nc1. The minimum Gasteiger partial charge on any atom is -0.346 e. The average molecular weight is 514 g/mol. The van der Waals surface area contributed by atoms with Gasteiger partial charge in [-0.1, -0.05) is 6.92 Å². The predicted octanol–water partition coefficient (Wildman–Crippen LogP) is 5.99. The molecule has 0 bridgehead atoms. The Morgan fingerprint density at radius 2 is 1.97 bits per heavy atom. The van der Waals surface area contributed by atoms with Crippen molar-refractivity contribution < 1.29 is 18.0 Å². The predicted molar refractivity (Wildman–Crippen MR) is 133 cm³/mol. The molecule has 1 aliphatic rings. The van der Waals surface area contributed by atoms with Gasteiger partial charge in [-0.15, -0.1) is 11.8 Å². The smallest absolute Gasteiger partial charge is 0.346 e. The monoisotopic (exact) mass is 513 g/mol. The van der Waals surface area contributed by atoms with E-state index in [4.69, 9.17) is 0 Å². The molecule has 1 saturated carbocycles. The molecule has 1 aliphatic carbocycles. The first-order valence-electron chi connectivity index (χ1n) is 11.8. The molecule has 0 radical (unpaired) electrons. The Balaban J connectivity index is 1.38. The van der Waals surface area contributed by atoms with Gasteiger partial charge in [0.15, 0.2) is 0 Å². The lowest BCUT2D eigenvalue weighted by molar-refractivity contribution is -0.144. The summed E-state index contributed by atoms with van der Waals surface area (Å²) < 4.78 is 43.7. The summed E-state index contributed by atoms with van der Waals surface area (Å²) in [6.45, 7) is 3.95. The summed E-state index contributed by atoms with van der Waals surface area (Å²) in [6, 6.07) is 12.5. The lowest BCUT2D eigenvalue weighted by Gasteiger charge is -2.13. The standard InChI is InChI=1S/C26H26F3N5OS/c1-3-36-22-8-5-19(30-14-22)13-31-25(35)17-4-9-23-18(11-17)12-21(34(23)20-6-7-20)15-33-24(26(27,28)29)10-16(2)32-33/h4-5,8-12,14,20H,3,6-7,13,15H2,1-2H3,(H,31,35). The van der Waals surface area contributed by atoms with E-state index < -0.39 is 11.9 Å². The number of amides is 1. The Kier molecular flexibility index (Phi) is 6.55. The number of fused-ring (bicyclic) bond motifs is 1. The van der Waals surface area contributed by atoms with Gasteiger partial charge in [-0.05, 0) is 68.0 Å². The topological polar surface area (TPSA) is 64.7 Å². The molecule has 1 aromatic carbocycles. The second kappa shape index (κ2) is 9.65. The maximum Gasteiger partial charge on any atom is 0.433 e. The van der Waals surface area contributed by atoms with Crippen LogP contribution >= 0.6 is 11.8 Å². The number of hydrogen-bond donors (Lipinski definition) is 1. The summed E-state index contributed by atoms with van der Waals surface area (Å²) in [5.74, 6) is 0.740. The third-order valence-corrected chi connectivity index (χ3v) is 7.00. The van der Waals surface area contributed by atoms with Crippen molar-refractivity contribution in [2.45, 2.75) is 56.9 Å². The van der Waals surface area contributed by atoms with E-state index in [0.29, 0.717) is 17.8 Å². The molecule has 5 rings (SSSR count). The average Bonchev–Trinajstić information content (AvgIpc) is 3.50. The van der Waals surface area contributed by atoms with E-state index in [9.17, 15) is 18.0 Å². The third kappa shape index (κ3) is 5.13. The van der Waals surface area contributed by atoms with Gasteiger partial charge in [0.2, 0.25) is 0 Å². The van der Waals surface area contributed by atoms with Crippen LogP contribution in [-0.4, -0.2) is 31.0 Å². The molecule has 188 valence electrons. The van der Waals surface area contributed by atoms with E-state index in [2.05, 4.69) is 26.9 Å². The molecule has 10 heteroatoms. The first kappa shape index (κ1) is 24.4. The van der Waals surface area contributed by atoms with Crippen LogP contribution in [0.2, 0.25) is 0 Å². The summed E-state index contributed by atoms with van der Waals surface area (Å²) in [6.07, 6.45) is -0.722. The zero-order valence-corrected chi connectivity index (χ0v) is 20.8. The largest absolute Gasteiger partial charge is 0.433 e. The van der Waals surface area contributed by atoms with E-state index in [1.54, 1.807) is 37.0 Å². The van der Waals surface area contributed by atoms with Gasteiger partial charge in [-0.2, -0.15) is 18.3 Å². The molecular weight excluding hydrogens is 487 g/mol. The molecule has 1 N–H and O–H groups in total. The second-order valence-corrected chi connectivity index (χ2v) is 10.3. The van der Waals surface area contributed by atoms with Gasteiger partial charge in [-0.3, -0.25) is 14.5 Å². The van der Waals surface area contributed by atoms with Crippen molar-refractivity contribution in [2.24, 2.45) is 0 Å². The summed E-state index contributed by atoms with van der Waals surface area (Å²) in [5, 5.41) is 7.81. The number of nitrogens with one attached hydrogen (secondary N) is 1. The number of carbonyl (C=O) groups excluding carboxylic acids is 1. The van der Waals surface area contributed by atoms with E-state index >= 15 is 0 Å². The Morgan fingerprint density at radius 1 is 1.17 bits per heavy atom. The molecule has 0 atom stereocenters. The fourth-order valence-electron chi connectivity index (χ4n) is 4.41. The Hall–Kier alpha value is -3.27. The highest BCUT2D eigenvalue weighted by Crippen LogP contribution is 2.40. The van der Waals surface area contributed by atoms with E-state index in [1.165, 1.54) is 0 Å². The number of carbonyl (C=O) groups is 1. The summed E-state index contributed by atoms with van der Waals surface area (Å²) in [7, 11) is 0. The first-order valence-corrected chi connectivity index (χ1v) is 12.8. The van der Waals surface area contributed by atoms with E-state index in [0.717, 1.165) is 56.5 Å². The highest BCUT2D eigenvalue weighted by atomic mass is 32.2. The van der Waals surface area contributed by atoms with Gasteiger partial charge in [0.05, 0.1) is 24.5 Å². The van der Waals surface area contributed by atoms with Crippen LogP contribution in [-0.2, 0) is 19.3 Å². The maximum absolute atomic E-state index is 13.5. The fourth-order valence-corrected chi connectivity index (χ4v) is 5.03. The Labute approximate surface area is 210 Å². The molecule has 0 spiro atoms. The molecule has 4 aromatic rings. The lowest BCUT2D eigenvalue weighted by Crippen LogP contribution is -2.23. The quantitative estimate of drug-likeness (QED) is 0.294. The molecule has 0 unspecified atom stereocenters. The van der Waals surface area contributed by atoms with Crippen LogP contribution in [0, 0.1) is 6.92 Å². The molecule has 36 heavy (non-hydrogen) atoms. The van der Waals surface area contributed by atoms with Crippen molar-refractivity contribution in [3.63, 3.8) is 0 Å². The lowest BCUT2D eigenvalue weighted by atomic mass is 10.1. The van der Waals surface area contributed by atoms with Crippen molar-refractivity contribution in [1.29, 1.82) is 0 Å². The number of aryl methyl sites for hydroxylation is 1. The zero-order chi connectivity index (χ0) is 25.4. The van der Waals surface area contributed by atoms with E-state index in [-0.39, 0.29) is 18.5 Å². The number of halogens is 3. The number of benzene rings is 1. The van der Waals surface area contributed by atoms with Crippen LogP contribution in [0.15, 0.2) is 53.6 Å². The van der Waals surface area contributed by atoms with Crippen LogP contribution in [0.25, 0.3) is 10.9 Å². The van der Waals surface area contributed by atoms with Crippen LogP contribution < -0.4 is 5.32 Å². The minimum atomic E-state index is -4.48. The van der Waals surface area contributed by atoms with Gasteiger partial charge >= 0.3 is 6.18 Å². The molecule has 3 heterocycles. The molecule has 3 aromatic heterocycles. The Bertz CT molecular complexity index is 1400. The summed E-state index contributed by atoms with van der Waals surface area (Å²) >= 11 is 1.71. The number of aromatic nitrogens is 4. The normalized spacial score (nSPS) is 13.9. The highest BCUT2D eigenvalue weighted by Gasteiger charge is 2.36.